The van der Waals surface area contributed by atoms with Crippen molar-refractivity contribution in [2.45, 2.75) is 73.3 Å². The molecule has 0 aliphatic heterocycles. The molecule has 1 aromatic carbocycles. The van der Waals surface area contributed by atoms with Crippen molar-refractivity contribution < 1.29 is 23.8 Å². The van der Waals surface area contributed by atoms with Crippen LogP contribution in [0.2, 0.25) is 0 Å². The van der Waals surface area contributed by atoms with Gasteiger partial charge in [0.15, 0.2) is 0 Å². The van der Waals surface area contributed by atoms with E-state index in [0.29, 0.717) is 43.5 Å². The summed E-state index contributed by atoms with van der Waals surface area (Å²) in [5, 5.41) is 0. The van der Waals surface area contributed by atoms with Gasteiger partial charge in [-0.1, -0.05) is 59.9 Å². The molecule has 0 aliphatic rings. The number of benzene rings is 1. The summed E-state index contributed by atoms with van der Waals surface area (Å²) in [6.45, 7) is 12.2. The molecule has 29 heavy (non-hydrogen) atoms. The van der Waals surface area contributed by atoms with Crippen LogP contribution < -0.4 is 0 Å². The summed E-state index contributed by atoms with van der Waals surface area (Å²) >= 11 is 0. The minimum atomic E-state index is -0.423. The maximum atomic E-state index is 12.7. The second kappa shape index (κ2) is 14.2. The summed E-state index contributed by atoms with van der Waals surface area (Å²) in [7, 11) is 0. The zero-order valence-corrected chi connectivity index (χ0v) is 18.8. The minimum Gasteiger partial charge on any atom is -0.462 e. The predicted molar refractivity (Wildman–Crippen MR) is 115 cm³/mol. The van der Waals surface area contributed by atoms with Crippen molar-refractivity contribution in [3.63, 3.8) is 0 Å². The Labute approximate surface area is 176 Å². The van der Waals surface area contributed by atoms with E-state index in [1.165, 1.54) is 0 Å². The summed E-state index contributed by atoms with van der Waals surface area (Å²) in [4.78, 5) is 25.0. The fourth-order valence-electron chi connectivity index (χ4n) is 2.53. The standard InChI is InChI=1S/C24H38O5/c1-6-8-9-13-28-23(25)20-10-11-21(17-27-14-12-18(3)4)22(15-20)24(26)29-16-19(5)7-2/h10-11,15,18-19H,6-9,12-14,16-17H2,1-5H3. The highest BCUT2D eigenvalue weighted by Crippen LogP contribution is 2.17. The number of esters is 2. The maximum absolute atomic E-state index is 12.7. The first-order valence-corrected chi connectivity index (χ1v) is 10.9. The molecule has 164 valence electrons. The Balaban J connectivity index is 2.87. The number of carbonyl (C=O) groups is 2. The lowest BCUT2D eigenvalue weighted by Gasteiger charge is -2.14. The Morgan fingerprint density at radius 3 is 2.38 bits per heavy atom. The SMILES string of the molecule is CCCCCOC(=O)c1ccc(COCCC(C)C)c(C(=O)OCC(C)CC)c1. The molecule has 0 radical (unpaired) electrons. The summed E-state index contributed by atoms with van der Waals surface area (Å²) in [5.74, 6) is 0.00831. The van der Waals surface area contributed by atoms with E-state index >= 15 is 0 Å². The smallest absolute Gasteiger partial charge is 0.338 e. The molecule has 5 nitrogen and oxygen atoms in total. The molecule has 0 spiro atoms. The van der Waals surface area contributed by atoms with Crippen LogP contribution in [0, 0.1) is 11.8 Å². The second-order valence-corrected chi connectivity index (χ2v) is 8.06. The molecular formula is C24H38O5. The zero-order chi connectivity index (χ0) is 21.6. The normalized spacial score (nSPS) is 12.1. The summed E-state index contributed by atoms with van der Waals surface area (Å²) < 4.78 is 16.5. The molecule has 1 aromatic rings. The van der Waals surface area contributed by atoms with Crippen LogP contribution >= 0.6 is 0 Å². The summed E-state index contributed by atoms with van der Waals surface area (Å²) in [5.41, 5.74) is 1.47. The van der Waals surface area contributed by atoms with Gasteiger partial charge < -0.3 is 14.2 Å². The van der Waals surface area contributed by atoms with Crippen molar-refractivity contribution in [1.82, 2.24) is 0 Å². The van der Waals surface area contributed by atoms with Crippen LogP contribution in [0.1, 0.15) is 93.0 Å². The Morgan fingerprint density at radius 2 is 1.72 bits per heavy atom. The van der Waals surface area contributed by atoms with Crippen LogP contribution in [0.25, 0.3) is 0 Å². The van der Waals surface area contributed by atoms with Gasteiger partial charge in [-0.2, -0.15) is 0 Å². The van der Waals surface area contributed by atoms with Crippen LogP contribution in [0.4, 0.5) is 0 Å². The average molecular weight is 407 g/mol. The Kier molecular flexibility index (Phi) is 12.3. The van der Waals surface area contributed by atoms with Crippen LogP contribution in [-0.4, -0.2) is 31.8 Å². The molecule has 1 rings (SSSR count). The van der Waals surface area contributed by atoms with E-state index in [9.17, 15) is 9.59 Å². The number of hydrogen-bond acceptors (Lipinski definition) is 5. The van der Waals surface area contributed by atoms with Gasteiger partial charge in [0.1, 0.15) is 0 Å². The third kappa shape index (κ3) is 9.93. The number of rotatable bonds is 14. The monoisotopic (exact) mass is 406 g/mol. The van der Waals surface area contributed by atoms with Crippen molar-refractivity contribution in [2.75, 3.05) is 19.8 Å². The number of carbonyl (C=O) groups excluding carboxylic acids is 2. The lowest BCUT2D eigenvalue weighted by atomic mass is 10.0. The third-order valence-electron chi connectivity index (χ3n) is 4.84. The second-order valence-electron chi connectivity index (χ2n) is 8.06. The van der Waals surface area contributed by atoms with E-state index in [1.807, 2.05) is 6.92 Å². The van der Waals surface area contributed by atoms with Crippen molar-refractivity contribution in [1.29, 1.82) is 0 Å². The molecule has 0 amide bonds. The van der Waals surface area contributed by atoms with Gasteiger partial charge in [0.05, 0.1) is 30.9 Å². The first-order valence-electron chi connectivity index (χ1n) is 10.9. The van der Waals surface area contributed by atoms with Gasteiger partial charge in [-0.25, -0.2) is 9.59 Å². The molecule has 1 unspecified atom stereocenters. The molecule has 0 saturated carbocycles. The Hall–Kier alpha value is -1.88. The highest BCUT2D eigenvalue weighted by atomic mass is 16.5. The topological polar surface area (TPSA) is 61.8 Å². The van der Waals surface area contributed by atoms with E-state index in [0.717, 1.165) is 37.7 Å². The maximum Gasteiger partial charge on any atom is 0.338 e. The molecule has 0 aromatic heterocycles. The first kappa shape index (κ1) is 25.2. The van der Waals surface area contributed by atoms with E-state index in [4.69, 9.17) is 14.2 Å². The number of unbranched alkanes of at least 4 members (excludes halogenated alkanes) is 2. The predicted octanol–water partition coefficient (Wildman–Crippen LogP) is 5.80. The molecule has 0 aliphatic carbocycles. The molecule has 0 heterocycles. The largest absolute Gasteiger partial charge is 0.462 e. The first-order chi connectivity index (χ1) is 13.9. The van der Waals surface area contributed by atoms with Crippen molar-refractivity contribution in [2.24, 2.45) is 11.8 Å². The fourth-order valence-corrected chi connectivity index (χ4v) is 2.53. The molecule has 0 fully saturated rings. The van der Waals surface area contributed by atoms with Gasteiger partial charge in [-0.3, -0.25) is 0 Å². The quantitative estimate of drug-likeness (QED) is 0.289. The molecule has 5 heteroatoms. The van der Waals surface area contributed by atoms with E-state index in [2.05, 4.69) is 27.7 Å². The van der Waals surface area contributed by atoms with Crippen LogP contribution in [0.15, 0.2) is 18.2 Å². The molecule has 0 N–H and O–H groups in total. The third-order valence-corrected chi connectivity index (χ3v) is 4.84. The Bertz CT molecular complexity index is 624. The highest BCUT2D eigenvalue weighted by Gasteiger charge is 2.18. The number of ether oxygens (including phenoxy) is 3. The van der Waals surface area contributed by atoms with Crippen molar-refractivity contribution in [3.8, 4) is 0 Å². The van der Waals surface area contributed by atoms with Gasteiger partial charge in [-0.15, -0.1) is 0 Å². The summed E-state index contributed by atoms with van der Waals surface area (Å²) in [6.07, 6.45) is 4.81. The van der Waals surface area contributed by atoms with E-state index in [-0.39, 0.29) is 5.92 Å². The minimum absolute atomic E-state index is 0.288. The molecule has 1 atom stereocenters. The average Bonchev–Trinajstić information content (AvgIpc) is 2.71. The molecular weight excluding hydrogens is 368 g/mol. The van der Waals surface area contributed by atoms with Gasteiger partial charge in [0.2, 0.25) is 0 Å². The van der Waals surface area contributed by atoms with Crippen LogP contribution in [0.3, 0.4) is 0 Å². The zero-order valence-electron chi connectivity index (χ0n) is 18.8. The van der Waals surface area contributed by atoms with Gasteiger partial charge in [-0.05, 0) is 42.4 Å². The van der Waals surface area contributed by atoms with E-state index < -0.39 is 11.9 Å². The lowest BCUT2D eigenvalue weighted by molar-refractivity contribution is 0.0439. The summed E-state index contributed by atoms with van der Waals surface area (Å²) in [6, 6.07) is 5.02. The fraction of sp³-hybridized carbons (Fsp3) is 0.667. The lowest BCUT2D eigenvalue weighted by Crippen LogP contribution is -2.16. The van der Waals surface area contributed by atoms with Crippen molar-refractivity contribution in [3.05, 3.63) is 34.9 Å². The van der Waals surface area contributed by atoms with E-state index in [1.54, 1.807) is 18.2 Å². The Morgan fingerprint density at radius 1 is 0.966 bits per heavy atom. The van der Waals surface area contributed by atoms with Gasteiger partial charge in [0.25, 0.3) is 0 Å². The van der Waals surface area contributed by atoms with Gasteiger partial charge in [0, 0.05) is 6.61 Å². The van der Waals surface area contributed by atoms with Gasteiger partial charge >= 0.3 is 11.9 Å². The van der Waals surface area contributed by atoms with Crippen LogP contribution in [-0.2, 0) is 20.8 Å². The highest BCUT2D eigenvalue weighted by molar-refractivity contribution is 5.96. The molecule has 0 saturated heterocycles. The molecule has 0 bridgehead atoms. The number of hydrogen-bond donors (Lipinski definition) is 0. The van der Waals surface area contributed by atoms with Crippen molar-refractivity contribution >= 4 is 11.9 Å². The van der Waals surface area contributed by atoms with Crippen LogP contribution in [0.5, 0.6) is 0 Å².